The molecule has 0 bridgehead atoms. The van der Waals surface area contributed by atoms with Crippen LogP contribution in [0, 0.1) is 0 Å². The second-order valence-corrected chi connectivity index (χ2v) is 4.48. The van der Waals surface area contributed by atoms with Gasteiger partial charge in [0.2, 0.25) is 0 Å². The van der Waals surface area contributed by atoms with E-state index in [1.165, 1.54) is 0 Å². The van der Waals surface area contributed by atoms with Crippen molar-refractivity contribution in [2.75, 3.05) is 6.67 Å². The molecule has 0 atom stereocenters. The van der Waals surface area contributed by atoms with Crippen LogP contribution in [0.1, 0.15) is 18.5 Å². The van der Waals surface area contributed by atoms with Crippen LogP contribution in [-0.4, -0.2) is 16.3 Å². The summed E-state index contributed by atoms with van der Waals surface area (Å²) in [5.74, 6) is 0. The number of halogens is 2. The number of aryl methyl sites for hydroxylation is 1. The Bertz CT molecular complexity index is 509. The van der Waals surface area contributed by atoms with Gasteiger partial charge >= 0.3 is 0 Å². The van der Waals surface area contributed by atoms with E-state index in [0.29, 0.717) is 11.4 Å². The highest BCUT2D eigenvalue weighted by atomic mass is 35.5. The molecule has 1 N–H and O–H groups in total. The lowest BCUT2D eigenvalue weighted by Crippen LogP contribution is -2.03. The number of aliphatic hydroxyl groups is 1. The minimum Gasteiger partial charge on any atom is -0.390 e. The van der Waals surface area contributed by atoms with Crippen LogP contribution >= 0.6 is 11.6 Å². The number of fused-ring (bicyclic) bond motifs is 1. The topological polar surface area (TPSA) is 25.2 Å². The summed E-state index contributed by atoms with van der Waals surface area (Å²) < 4.78 is 14.1. The van der Waals surface area contributed by atoms with Crippen molar-refractivity contribution in [3.05, 3.63) is 35.0 Å². The molecule has 92 valence electrons. The fourth-order valence-corrected chi connectivity index (χ4v) is 2.24. The molecule has 1 heterocycles. The van der Waals surface area contributed by atoms with Crippen LogP contribution in [0.3, 0.4) is 0 Å². The van der Waals surface area contributed by atoms with Crippen LogP contribution in [-0.2, 0) is 13.2 Å². The first kappa shape index (κ1) is 12.4. The van der Waals surface area contributed by atoms with E-state index in [9.17, 15) is 9.50 Å². The summed E-state index contributed by atoms with van der Waals surface area (Å²) in [5, 5.41) is 11.0. The Morgan fingerprint density at radius 1 is 1.24 bits per heavy atom. The molecule has 4 heteroatoms. The summed E-state index contributed by atoms with van der Waals surface area (Å²) in [7, 11) is 0. The zero-order chi connectivity index (χ0) is 12.3. The molecular weight excluding hydrogens is 241 g/mol. The Balaban J connectivity index is 2.36. The molecule has 2 rings (SSSR count). The highest BCUT2D eigenvalue weighted by Gasteiger charge is 2.08. The van der Waals surface area contributed by atoms with Gasteiger partial charge in [0.25, 0.3) is 0 Å². The smallest absolute Gasteiger partial charge is 0.0895 e. The summed E-state index contributed by atoms with van der Waals surface area (Å²) in [6, 6.07) is 7.57. The van der Waals surface area contributed by atoms with E-state index in [1.54, 1.807) is 0 Å². The van der Waals surface area contributed by atoms with Gasteiger partial charge in [-0.1, -0.05) is 11.6 Å². The SMILES string of the molecule is OCc1cc2cc(Cl)ccc2n1CCCCF. The molecule has 0 aliphatic carbocycles. The Morgan fingerprint density at radius 2 is 2.06 bits per heavy atom. The van der Waals surface area contributed by atoms with Crippen molar-refractivity contribution in [1.29, 1.82) is 0 Å². The van der Waals surface area contributed by atoms with E-state index in [1.807, 2.05) is 28.8 Å². The van der Waals surface area contributed by atoms with E-state index < -0.39 is 0 Å². The first-order chi connectivity index (χ1) is 8.26. The van der Waals surface area contributed by atoms with Crippen LogP contribution in [0.25, 0.3) is 10.9 Å². The fourth-order valence-electron chi connectivity index (χ4n) is 2.06. The molecule has 0 fully saturated rings. The minimum atomic E-state index is -0.292. The van der Waals surface area contributed by atoms with Crippen molar-refractivity contribution in [2.45, 2.75) is 26.0 Å². The molecule has 0 saturated carbocycles. The van der Waals surface area contributed by atoms with Gasteiger partial charge in [-0.3, -0.25) is 4.39 Å². The molecule has 0 radical (unpaired) electrons. The van der Waals surface area contributed by atoms with Crippen LogP contribution in [0.4, 0.5) is 4.39 Å². The second kappa shape index (κ2) is 5.52. The lowest BCUT2D eigenvalue weighted by molar-refractivity contribution is 0.270. The molecule has 0 aliphatic heterocycles. The number of aliphatic hydroxyl groups excluding tert-OH is 1. The third kappa shape index (κ3) is 2.61. The Hall–Kier alpha value is -1.06. The minimum absolute atomic E-state index is 0.0120. The maximum atomic E-state index is 12.1. The average Bonchev–Trinajstić information content (AvgIpc) is 2.67. The van der Waals surface area contributed by atoms with Crippen LogP contribution in [0.15, 0.2) is 24.3 Å². The second-order valence-electron chi connectivity index (χ2n) is 4.04. The molecule has 0 aliphatic rings. The van der Waals surface area contributed by atoms with Gasteiger partial charge in [0.15, 0.2) is 0 Å². The maximum Gasteiger partial charge on any atom is 0.0895 e. The summed E-state index contributed by atoms with van der Waals surface area (Å²) in [6.45, 7) is 0.423. The van der Waals surface area contributed by atoms with Crippen molar-refractivity contribution < 1.29 is 9.50 Å². The van der Waals surface area contributed by atoms with Gasteiger partial charge in [-0.15, -0.1) is 0 Å². The molecule has 0 spiro atoms. The van der Waals surface area contributed by atoms with Gasteiger partial charge in [-0.25, -0.2) is 0 Å². The summed E-state index contributed by atoms with van der Waals surface area (Å²) in [6.07, 6.45) is 1.33. The number of hydrogen-bond acceptors (Lipinski definition) is 1. The average molecular weight is 256 g/mol. The Morgan fingerprint density at radius 3 is 2.76 bits per heavy atom. The molecule has 0 amide bonds. The molecule has 0 saturated heterocycles. The first-order valence-corrected chi connectivity index (χ1v) is 6.08. The zero-order valence-electron chi connectivity index (χ0n) is 9.50. The normalized spacial score (nSPS) is 11.2. The molecule has 1 aromatic heterocycles. The highest BCUT2D eigenvalue weighted by molar-refractivity contribution is 6.31. The lowest BCUT2D eigenvalue weighted by Gasteiger charge is -2.08. The first-order valence-electron chi connectivity index (χ1n) is 5.70. The number of alkyl halides is 1. The van der Waals surface area contributed by atoms with Crippen LogP contribution in [0.2, 0.25) is 5.02 Å². The van der Waals surface area contributed by atoms with Gasteiger partial charge in [-0.2, -0.15) is 0 Å². The van der Waals surface area contributed by atoms with E-state index in [-0.39, 0.29) is 13.3 Å². The predicted octanol–water partition coefficient (Wildman–Crippen LogP) is 3.54. The van der Waals surface area contributed by atoms with Gasteiger partial charge in [-0.05, 0) is 37.1 Å². The number of aromatic nitrogens is 1. The van der Waals surface area contributed by atoms with Gasteiger partial charge in [0.1, 0.15) is 0 Å². The van der Waals surface area contributed by atoms with E-state index in [2.05, 4.69) is 0 Å². The summed E-state index contributed by atoms with van der Waals surface area (Å²) in [4.78, 5) is 0. The van der Waals surface area contributed by atoms with Crippen molar-refractivity contribution in [3.63, 3.8) is 0 Å². The van der Waals surface area contributed by atoms with E-state index >= 15 is 0 Å². The quantitative estimate of drug-likeness (QED) is 0.813. The van der Waals surface area contributed by atoms with Gasteiger partial charge in [0, 0.05) is 28.2 Å². The standard InChI is InChI=1S/C13H15ClFNO/c14-11-3-4-13-10(7-11)8-12(9-17)16(13)6-2-1-5-15/h3-4,7-8,17H,1-2,5-6,9H2. The van der Waals surface area contributed by atoms with Crippen molar-refractivity contribution in [2.24, 2.45) is 0 Å². The molecule has 17 heavy (non-hydrogen) atoms. The number of benzene rings is 1. The molecule has 2 nitrogen and oxygen atoms in total. The molecular formula is C13H15ClFNO. The van der Waals surface area contributed by atoms with Gasteiger partial charge in [0.05, 0.1) is 13.3 Å². The monoisotopic (exact) mass is 255 g/mol. The van der Waals surface area contributed by atoms with Crippen molar-refractivity contribution >= 4 is 22.5 Å². The zero-order valence-corrected chi connectivity index (χ0v) is 10.3. The number of unbranched alkanes of at least 4 members (excludes halogenated alkanes) is 1. The maximum absolute atomic E-state index is 12.1. The van der Waals surface area contributed by atoms with Crippen molar-refractivity contribution in [3.8, 4) is 0 Å². The lowest BCUT2D eigenvalue weighted by atomic mass is 10.2. The fraction of sp³-hybridized carbons (Fsp3) is 0.385. The molecule has 2 aromatic rings. The van der Waals surface area contributed by atoms with Crippen LogP contribution in [0.5, 0.6) is 0 Å². The Kier molecular flexibility index (Phi) is 4.02. The van der Waals surface area contributed by atoms with E-state index in [0.717, 1.165) is 29.6 Å². The van der Waals surface area contributed by atoms with Crippen molar-refractivity contribution in [1.82, 2.24) is 4.57 Å². The number of nitrogens with zero attached hydrogens (tertiary/aromatic N) is 1. The highest BCUT2D eigenvalue weighted by Crippen LogP contribution is 2.24. The van der Waals surface area contributed by atoms with Crippen LogP contribution < -0.4 is 0 Å². The third-order valence-corrected chi connectivity index (χ3v) is 3.11. The predicted molar refractivity (Wildman–Crippen MR) is 68.1 cm³/mol. The molecule has 1 aromatic carbocycles. The van der Waals surface area contributed by atoms with Gasteiger partial charge < -0.3 is 9.67 Å². The molecule has 0 unspecified atom stereocenters. The summed E-state index contributed by atoms with van der Waals surface area (Å²) >= 11 is 5.93. The third-order valence-electron chi connectivity index (χ3n) is 2.88. The number of hydrogen-bond donors (Lipinski definition) is 1. The largest absolute Gasteiger partial charge is 0.390 e. The Labute approximate surface area is 105 Å². The number of rotatable bonds is 5. The summed E-state index contributed by atoms with van der Waals surface area (Å²) in [5.41, 5.74) is 1.89. The van der Waals surface area contributed by atoms with E-state index in [4.69, 9.17) is 11.6 Å².